The van der Waals surface area contributed by atoms with E-state index in [1.807, 2.05) is 0 Å². The Morgan fingerprint density at radius 3 is 1.86 bits per heavy atom. The Hall–Kier alpha value is -2.16. The van der Waals surface area contributed by atoms with Gasteiger partial charge in [-0.25, -0.2) is 4.79 Å². The zero-order valence-corrected chi connectivity index (χ0v) is 17.9. The molecule has 9 nitrogen and oxygen atoms in total. The van der Waals surface area contributed by atoms with Crippen molar-refractivity contribution in [2.24, 2.45) is 5.73 Å². The average molecular weight is 402 g/mol. The standard InChI is InChI=1S/C19H34N2O7/c1-18(2,3)27-15(23)11-9-13(17(25)26-7)21-14(22)10-8-12(20)16(24)28-19(4,5)6/h12-13H,8-11,20H2,1-7H3,(H,21,22). The van der Waals surface area contributed by atoms with Crippen molar-refractivity contribution in [3.63, 3.8) is 0 Å². The van der Waals surface area contributed by atoms with Crippen LogP contribution >= 0.6 is 0 Å². The molecule has 28 heavy (non-hydrogen) atoms. The molecule has 9 heteroatoms. The highest BCUT2D eigenvalue weighted by Gasteiger charge is 2.26. The van der Waals surface area contributed by atoms with Crippen molar-refractivity contribution >= 4 is 23.8 Å². The summed E-state index contributed by atoms with van der Waals surface area (Å²) < 4.78 is 15.0. The molecule has 0 saturated heterocycles. The van der Waals surface area contributed by atoms with Crippen LogP contribution in [0.25, 0.3) is 0 Å². The van der Waals surface area contributed by atoms with E-state index < -0.39 is 47.1 Å². The second-order valence-electron chi connectivity index (χ2n) is 8.45. The molecule has 0 fully saturated rings. The number of carbonyl (C=O) groups is 4. The minimum Gasteiger partial charge on any atom is -0.467 e. The van der Waals surface area contributed by atoms with Crippen molar-refractivity contribution in [2.75, 3.05) is 7.11 Å². The first-order valence-corrected chi connectivity index (χ1v) is 9.22. The highest BCUT2D eigenvalue weighted by molar-refractivity contribution is 5.85. The molecular formula is C19H34N2O7. The van der Waals surface area contributed by atoms with Crippen molar-refractivity contribution in [1.29, 1.82) is 0 Å². The van der Waals surface area contributed by atoms with Crippen LogP contribution in [0.15, 0.2) is 0 Å². The Morgan fingerprint density at radius 1 is 0.857 bits per heavy atom. The van der Waals surface area contributed by atoms with Gasteiger partial charge in [-0.2, -0.15) is 0 Å². The minimum absolute atomic E-state index is 0.0332. The van der Waals surface area contributed by atoms with Gasteiger partial charge in [0.25, 0.3) is 0 Å². The van der Waals surface area contributed by atoms with Gasteiger partial charge in [0.15, 0.2) is 0 Å². The van der Waals surface area contributed by atoms with Crippen molar-refractivity contribution in [3.8, 4) is 0 Å². The molecule has 0 saturated carbocycles. The van der Waals surface area contributed by atoms with Crippen LogP contribution in [0.5, 0.6) is 0 Å². The van der Waals surface area contributed by atoms with Gasteiger partial charge in [0.05, 0.1) is 7.11 Å². The lowest BCUT2D eigenvalue weighted by molar-refractivity contribution is -0.157. The predicted molar refractivity (Wildman–Crippen MR) is 102 cm³/mol. The number of nitrogens with one attached hydrogen (secondary N) is 1. The molecule has 0 aromatic heterocycles. The predicted octanol–water partition coefficient (Wildman–Crippen LogP) is 1.22. The van der Waals surface area contributed by atoms with Crippen LogP contribution in [0.1, 0.15) is 67.2 Å². The topological polar surface area (TPSA) is 134 Å². The van der Waals surface area contributed by atoms with Crippen LogP contribution in [0, 0.1) is 0 Å². The van der Waals surface area contributed by atoms with Gasteiger partial charge in [-0.3, -0.25) is 14.4 Å². The highest BCUT2D eigenvalue weighted by atomic mass is 16.6. The monoisotopic (exact) mass is 402 g/mol. The third-order valence-electron chi connectivity index (χ3n) is 3.27. The summed E-state index contributed by atoms with van der Waals surface area (Å²) in [4.78, 5) is 47.6. The van der Waals surface area contributed by atoms with E-state index in [9.17, 15) is 19.2 Å². The molecule has 0 radical (unpaired) electrons. The number of hydrogen-bond acceptors (Lipinski definition) is 8. The maximum absolute atomic E-state index is 12.1. The average Bonchev–Trinajstić information content (AvgIpc) is 2.52. The summed E-state index contributed by atoms with van der Waals surface area (Å²) >= 11 is 0. The van der Waals surface area contributed by atoms with Gasteiger partial charge in [-0.1, -0.05) is 0 Å². The van der Waals surface area contributed by atoms with Gasteiger partial charge in [-0.15, -0.1) is 0 Å². The first-order chi connectivity index (χ1) is 12.6. The van der Waals surface area contributed by atoms with E-state index >= 15 is 0 Å². The van der Waals surface area contributed by atoms with E-state index in [1.165, 1.54) is 7.11 Å². The Kier molecular flexibility index (Phi) is 10.1. The summed E-state index contributed by atoms with van der Waals surface area (Å²) in [7, 11) is 1.19. The minimum atomic E-state index is -0.997. The highest BCUT2D eigenvalue weighted by Crippen LogP contribution is 2.12. The van der Waals surface area contributed by atoms with Crippen LogP contribution in [-0.4, -0.2) is 54.2 Å². The number of rotatable bonds is 9. The molecule has 1 amide bonds. The van der Waals surface area contributed by atoms with Gasteiger partial charge in [0, 0.05) is 12.8 Å². The molecule has 0 aliphatic rings. The number of nitrogens with two attached hydrogens (primary N) is 1. The van der Waals surface area contributed by atoms with E-state index in [2.05, 4.69) is 10.1 Å². The Bertz CT molecular complexity index is 562. The molecule has 0 aromatic rings. The first-order valence-electron chi connectivity index (χ1n) is 9.22. The van der Waals surface area contributed by atoms with Gasteiger partial charge < -0.3 is 25.3 Å². The molecule has 0 aliphatic heterocycles. The molecule has 0 aromatic carbocycles. The number of amides is 1. The van der Waals surface area contributed by atoms with Crippen molar-refractivity contribution < 1.29 is 33.4 Å². The summed E-state index contributed by atoms with van der Waals surface area (Å²) in [5, 5.41) is 2.50. The molecule has 2 atom stereocenters. The van der Waals surface area contributed by atoms with Crippen LogP contribution in [0.3, 0.4) is 0 Å². The van der Waals surface area contributed by atoms with Crippen molar-refractivity contribution in [1.82, 2.24) is 5.32 Å². The second kappa shape index (κ2) is 11.0. The lowest BCUT2D eigenvalue weighted by Gasteiger charge is -2.22. The third-order valence-corrected chi connectivity index (χ3v) is 3.27. The number of ether oxygens (including phenoxy) is 3. The fourth-order valence-electron chi connectivity index (χ4n) is 2.09. The van der Waals surface area contributed by atoms with Crippen molar-refractivity contribution in [3.05, 3.63) is 0 Å². The maximum Gasteiger partial charge on any atom is 0.328 e. The fourth-order valence-corrected chi connectivity index (χ4v) is 2.09. The van der Waals surface area contributed by atoms with Crippen LogP contribution in [-0.2, 0) is 33.4 Å². The maximum atomic E-state index is 12.1. The smallest absolute Gasteiger partial charge is 0.328 e. The lowest BCUT2D eigenvalue weighted by Crippen LogP contribution is -2.43. The Morgan fingerprint density at radius 2 is 1.39 bits per heavy atom. The first kappa shape index (κ1) is 25.8. The van der Waals surface area contributed by atoms with Gasteiger partial charge in [0.2, 0.25) is 5.91 Å². The SMILES string of the molecule is COC(=O)C(CCC(=O)OC(C)(C)C)NC(=O)CCC(N)C(=O)OC(C)(C)C. The molecule has 0 aliphatic carbocycles. The second-order valence-corrected chi connectivity index (χ2v) is 8.45. The molecule has 0 rings (SSSR count). The van der Waals surface area contributed by atoms with E-state index in [0.29, 0.717) is 0 Å². The largest absolute Gasteiger partial charge is 0.467 e. The van der Waals surface area contributed by atoms with Gasteiger partial charge >= 0.3 is 17.9 Å². The molecule has 0 heterocycles. The van der Waals surface area contributed by atoms with E-state index in [1.54, 1.807) is 41.5 Å². The fraction of sp³-hybridized carbons (Fsp3) is 0.789. The van der Waals surface area contributed by atoms with E-state index in [4.69, 9.17) is 15.2 Å². The Balaban J connectivity index is 4.60. The summed E-state index contributed by atoms with van der Waals surface area (Å²) in [5.41, 5.74) is 4.43. The van der Waals surface area contributed by atoms with Gasteiger partial charge in [0.1, 0.15) is 23.3 Å². The van der Waals surface area contributed by atoms with Crippen LogP contribution in [0.2, 0.25) is 0 Å². The lowest BCUT2D eigenvalue weighted by atomic mass is 10.1. The molecular weight excluding hydrogens is 368 g/mol. The normalized spacial score (nSPS) is 13.9. The molecule has 2 unspecified atom stereocenters. The summed E-state index contributed by atoms with van der Waals surface area (Å²) in [6.07, 6.45) is -0.0543. The molecule has 0 bridgehead atoms. The number of carbonyl (C=O) groups excluding carboxylic acids is 4. The van der Waals surface area contributed by atoms with E-state index in [-0.39, 0.29) is 25.7 Å². The number of hydrogen-bond donors (Lipinski definition) is 2. The molecule has 162 valence electrons. The molecule has 0 spiro atoms. The summed E-state index contributed by atoms with van der Waals surface area (Å²) in [5.74, 6) is -2.25. The van der Waals surface area contributed by atoms with E-state index in [0.717, 1.165) is 0 Å². The third kappa shape index (κ3) is 12.3. The van der Waals surface area contributed by atoms with Crippen LogP contribution < -0.4 is 11.1 Å². The number of methoxy groups -OCH3 is 1. The number of esters is 3. The zero-order valence-electron chi connectivity index (χ0n) is 17.9. The zero-order chi connectivity index (χ0) is 22.1. The van der Waals surface area contributed by atoms with Crippen molar-refractivity contribution in [2.45, 2.75) is 90.5 Å². The summed E-state index contributed by atoms with van der Waals surface area (Å²) in [6, 6.07) is -1.95. The molecule has 3 N–H and O–H groups in total. The van der Waals surface area contributed by atoms with Gasteiger partial charge in [-0.05, 0) is 54.4 Å². The summed E-state index contributed by atoms with van der Waals surface area (Å²) in [6.45, 7) is 10.4. The Labute approximate surface area is 166 Å². The van der Waals surface area contributed by atoms with Crippen LogP contribution in [0.4, 0.5) is 0 Å². The quantitative estimate of drug-likeness (QED) is 0.434.